The first-order valence-electron chi connectivity index (χ1n) is 5.69. The van der Waals surface area contributed by atoms with Crippen molar-refractivity contribution in [1.82, 2.24) is 5.32 Å². The highest BCUT2D eigenvalue weighted by molar-refractivity contribution is 5.47. The van der Waals surface area contributed by atoms with Crippen molar-refractivity contribution in [3.05, 3.63) is 29.8 Å². The average Bonchev–Trinajstić information content (AvgIpc) is 2.26. The quantitative estimate of drug-likeness (QED) is 0.797. The van der Waals surface area contributed by atoms with Crippen LogP contribution in [-0.4, -0.2) is 20.6 Å². The summed E-state index contributed by atoms with van der Waals surface area (Å²) in [6, 6.07) is 9.21. The van der Waals surface area contributed by atoms with E-state index in [1.807, 2.05) is 0 Å². The first-order chi connectivity index (χ1) is 7.19. The molecule has 0 aliphatic carbocycles. The Hall–Kier alpha value is -1.02. The minimum atomic E-state index is 0.481. The van der Waals surface area contributed by atoms with Crippen LogP contribution in [0.1, 0.15) is 31.9 Å². The molecule has 15 heavy (non-hydrogen) atoms. The molecule has 1 aromatic rings. The van der Waals surface area contributed by atoms with Crippen molar-refractivity contribution in [2.75, 3.05) is 25.5 Å². The fraction of sp³-hybridized carbons (Fsp3) is 0.538. The van der Waals surface area contributed by atoms with Gasteiger partial charge in [0.05, 0.1) is 0 Å². The van der Waals surface area contributed by atoms with Gasteiger partial charge < -0.3 is 10.2 Å². The Kier molecular flexibility index (Phi) is 4.63. The van der Waals surface area contributed by atoms with E-state index in [-0.39, 0.29) is 0 Å². The molecule has 0 heterocycles. The van der Waals surface area contributed by atoms with E-state index in [0.717, 1.165) is 13.0 Å². The first kappa shape index (κ1) is 12.1. The summed E-state index contributed by atoms with van der Waals surface area (Å²) >= 11 is 0. The summed E-state index contributed by atoms with van der Waals surface area (Å²) in [6.45, 7) is 5.39. The SMILES string of the molecule is CCNC(CC)c1cccc(N(C)C)c1. The van der Waals surface area contributed by atoms with Gasteiger partial charge in [-0.25, -0.2) is 0 Å². The number of hydrogen-bond donors (Lipinski definition) is 1. The van der Waals surface area contributed by atoms with Crippen LogP contribution < -0.4 is 10.2 Å². The molecule has 0 fully saturated rings. The van der Waals surface area contributed by atoms with E-state index in [2.05, 4.69) is 62.4 Å². The van der Waals surface area contributed by atoms with Crippen molar-refractivity contribution < 1.29 is 0 Å². The van der Waals surface area contributed by atoms with Gasteiger partial charge in [-0.1, -0.05) is 26.0 Å². The van der Waals surface area contributed by atoms with Crippen LogP contribution in [0, 0.1) is 0 Å². The Balaban J connectivity index is 2.87. The van der Waals surface area contributed by atoms with Gasteiger partial charge in [0.25, 0.3) is 0 Å². The molecular formula is C13H22N2. The van der Waals surface area contributed by atoms with E-state index in [4.69, 9.17) is 0 Å². The third-order valence-corrected chi connectivity index (χ3v) is 2.65. The van der Waals surface area contributed by atoms with Crippen molar-refractivity contribution in [3.63, 3.8) is 0 Å². The molecule has 0 aliphatic rings. The zero-order valence-electron chi connectivity index (χ0n) is 10.2. The van der Waals surface area contributed by atoms with Crippen molar-refractivity contribution >= 4 is 5.69 Å². The van der Waals surface area contributed by atoms with Crippen LogP contribution in [0.15, 0.2) is 24.3 Å². The normalized spacial score (nSPS) is 12.5. The lowest BCUT2D eigenvalue weighted by Gasteiger charge is -2.19. The van der Waals surface area contributed by atoms with Crippen LogP contribution >= 0.6 is 0 Å². The van der Waals surface area contributed by atoms with Gasteiger partial charge in [-0.3, -0.25) is 0 Å². The maximum Gasteiger partial charge on any atom is 0.0364 e. The summed E-state index contributed by atoms with van der Waals surface area (Å²) in [5, 5.41) is 3.50. The molecule has 2 heteroatoms. The van der Waals surface area contributed by atoms with E-state index in [1.165, 1.54) is 11.3 Å². The molecule has 2 nitrogen and oxygen atoms in total. The highest BCUT2D eigenvalue weighted by atomic mass is 15.1. The van der Waals surface area contributed by atoms with Crippen molar-refractivity contribution in [3.8, 4) is 0 Å². The third kappa shape index (κ3) is 3.24. The number of rotatable bonds is 5. The Labute approximate surface area is 93.3 Å². The molecule has 0 saturated heterocycles. The van der Waals surface area contributed by atoms with Crippen LogP contribution in [0.25, 0.3) is 0 Å². The van der Waals surface area contributed by atoms with Crippen molar-refractivity contribution in [1.29, 1.82) is 0 Å². The maximum absolute atomic E-state index is 3.50. The fourth-order valence-electron chi connectivity index (χ4n) is 1.76. The van der Waals surface area contributed by atoms with Crippen LogP contribution in [0.2, 0.25) is 0 Å². The van der Waals surface area contributed by atoms with Gasteiger partial charge in [0.2, 0.25) is 0 Å². The highest BCUT2D eigenvalue weighted by Crippen LogP contribution is 2.21. The van der Waals surface area contributed by atoms with Crippen LogP contribution in [-0.2, 0) is 0 Å². The van der Waals surface area contributed by atoms with E-state index in [9.17, 15) is 0 Å². The number of benzene rings is 1. The molecular weight excluding hydrogens is 184 g/mol. The van der Waals surface area contributed by atoms with Crippen molar-refractivity contribution in [2.24, 2.45) is 0 Å². The van der Waals surface area contributed by atoms with E-state index < -0.39 is 0 Å². The Morgan fingerprint density at radius 3 is 2.53 bits per heavy atom. The van der Waals surface area contributed by atoms with Crippen LogP contribution in [0.4, 0.5) is 5.69 Å². The van der Waals surface area contributed by atoms with Crippen LogP contribution in [0.3, 0.4) is 0 Å². The molecule has 84 valence electrons. The van der Waals surface area contributed by atoms with Gasteiger partial charge in [0.1, 0.15) is 0 Å². The fourth-order valence-corrected chi connectivity index (χ4v) is 1.76. The molecule has 0 radical (unpaired) electrons. The predicted molar refractivity (Wildman–Crippen MR) is 67.5 cm³/mol. The molecule has 1 aromatic carbocycles. The summed E-state index contributed by atoms with van der Waals surface area (Å²) in [7, 11) is 4.15. The Bertz CT molecular complexity index is 294. The second-order valence-electron chi connectivity index (χ2n) is 4.01. The second kappa shape index (κ2) is 5.76. The highest BCUT2D eigenvalue weighted by Gasteiger charge is 2.08. The van der Waals surface area contributed by atoms with E-state index in [0.29, 0.717) is 6.04 Å². The lowest BCUT2D eigenvalue weighted by atomic mass is 10.0. The van der Waals surface area contributed by atoms with Gasteiger partial charge in [-0.05, 0) is 30.7 Å². The molecule has 1 rings (SSSR count). The molecule has 0 saturated carbocycles. The standard InChI is InChI=1S/C13H22N2/c1-5-13(14-6-2)11-8-7-9-12(10-11)15(3)4/h7-10,13-14H,5-6H2,1-4H3. The molecule has 1 N–H and O–H groups in total. The first-order valence-corrected chi connectivity index (χ1v) is 5.69. The summed E-state index contributed by atoms with van der Waals surface area (Å²) in [4.78, 5) is 2.14. The lowest BCUT2D eigenvalue weighted by molar-refractivity contribution is 0.537. The molecule has 0 aliphatic heterocycles. The molecule has 0 bridgehead atoms. The summed E-state index contributed by atoms with van der Waals surface area (Å²) in [6.07, 6.45) is 1.13. The Morgan fingerprint density at radius 1 is 1.27 bits per heavy atom. The van der Waals surface area contributed by atoms with Gasteiger partial charge in [-0.2, -0.15) is 0 Å². The predicted octanol–water partition coefficient (Wildman–Crippen LogP) is 2.81. The van der Waals surface area contributed by atoms with E-state index in [1.54, 1.807) is 0 Å². The zero-order chi connectivity index (χ0) is 11.3. The number of nitrogens with one attached hydrogen (secondary N) is 1. The summed E-state index contributed by atoms with van der Waals surface area (Å²) in [5.41, 5.74) is 2.65. The second-order valence-corrected chi connectivity index (χ2v) is 4.01. The number of hydrogen-bond acceptors (Lipinski definition) is 2. The monoisotopic (exact) mass is 206 g/mol. The molecule has 0 spiro atoms. The van der Waals surface area contributed by atoms with Gasteiger partial charge in [0, 0.05) is 25.8 Å². The Morgan fingerprint density at radius 2 is 2.00 bits per heavy atom. The average molecular weight is 206 g/mol. The van der Waals surface area contributed by atoms with Crippen LogP contribution in [0.5, 0.6) is 0 Å². The van der Waals surface area contributed by atoms with Gasteiger partial charge >= 0.3 is 0 Å². The maximum atomic E-state index is 3.50. The summed E-state index contributed by atoms with van der Waals surface area (Å²) in [5.74, 6) is 0. The smallest absolute Gasteiger partial charge is 0.0364 e. The summed E-state index contributed by atoms with van der Waals surface area (Å²) < 4.78 is 0. The molecule has 1 unspecified atom stereocenters. The lowest BCUT2D eigenvalue weighted by Crippen LogP contribution is -2.20. The minimum Gasteiger partial charge on any atom is -0.378 e. The minimum absolute atomic E-state index is 0.481. The largest absolute Gasteiger partial charge is 0.378 e. The van der Waals surface area contributed by atoms with Gasteiger partial charge in [-0.15, -0.1) is 0 Å². The number of anilines is 1. The topological polar surface area (TPSA) is 15.3 Å². The van der Waals surface area contributed by atoms with E-state index >= 15 is 0 Å². The molecule has 1 atom stereocenters. The van der Waals surface area contributed by atoms with Crippen molar-refractivity contribution in [2.45, 2.75) is 26.3 Å². The third-order valence-electron chi connectivity index (χ3n) is 2.65. The molecule has 0 amide bonds. The van der Waals surface area contributed by atoms with Gasteiger partial charge in [0.15, 0.2) is 0 Å². The molecule has 0 aromatic heterocycles. The number of nitrogens with zero attached hydrogens (tertiary/aromatic N) is 1. The zero-order valence-corrected chi connectivity index (χ0v) is 10.2.